The van der Waals surface area contributed by atoms with Crippen LogP contribution in [-0.2, 0) is 9.53 Å². The van der Waals surface area contributed by atoms with Crippen LogP contribution in [0.3, 0.4) is 0 Å². The highest BCUT2D eigenvalue weighted by atomic mass is 19.1. The number of nitrogens with zero attached hydrogens (tertiary/aromatic N) is 2. The van der Waals surface area contributed by atoms with E-state index in [9.17, 15) is 13.6 Å². The second-order valence-electron chi connectivity index (χ2n) is 9.37. The Morgan fingerprint density at radius 3 is 2.65 bits per heavy atom. The molecule has 4 saturated heterocycles. The lowest BCUT2D eigenvalue weighted by molar-refractivity contribution is -0.151. The van der Waals surface area contributed by atoms with Crippen LogP contribution in [0.25, 0.3) is 0 Å². The molecule has 4 fully saturated rings. The van der Waals surface area contributed by atoms with Gasteiger partial charge in [-0.25, -0.2) is 19.6 Å². The molecule has 10 heteroatoms. The summed E-state index contributed by atoms with van der Waals surface area (Å²) in [7, 11) is 1.75. The Hall–Kier alpha value is -1.69. The third kappa shape index (κ3) is 3.37. The zero-order valence-electron chi connectivity index (χ0n) is 17.8. The molecule has 5 rings (SSSR count). The summed E-state index contributed by atoms with van der Waals surface area (Å²) in [4.78, 5) is 17.2. The molecule has 4 aliphatic rings. The molecule has 5 N–H and O–H groups in total. The minimum Gasteiger partial charge on any atom is -0.376 e. The van der Waals surface area contributed by atoms with Crippen molar-refractivity contribution in [1.82, 2.24) is 26.0 Å². The highest BCUT2D eigenvalue weighted by Crippen LogP contribution is 2.42. The van der Waals surface area contributed by atoms with Crippen LogP contribution in [0.5, 0.6) is 0 Å². The van der Waals surface area contributed by atoms with E-state index in [4.69, 9.17) is 10.5 Å². The SMILES string of the molecule is C[C@@H]1OCC2(CCN(C3NC4NNC(c5cc(F)ccc5F)C4C(=O)N3C)CC2)[C@@H]1N. The standard InChI is InChI=1S/C21H30F2N6O2/c1-11-17(24)21(10-31-11)5-7-29(8-6-21)20-25-18-15(19(30)28(20)2)16(26-27-18)13-9-12(22)3-4-14(13)23/h3-4,9,11,15-18,20,25-27H,5-8,10,24H2,1-2H3/t11-,15?,16?,17+,18?,20?/m0/s1. The maximum Gasteiger partial charge on any atom is 0.232 e. The van der Waals surface area contributed by atoms with E-state index >= 15 is 0 Å². The third-order valence-corrected chi connectivity index (χ3v) is 7.72. The first kappa shape index (κ1) is 21.2. The summed E-state index contributed by atoms with van der Waals surface area (Å²) in [5, 5.41) is 3.48. The molecular formula is C21H30F2N6O2. The lowest BCUT2D eigenvalue weighted by atomic mass is 9.73. The molecule has 0 aromatic heterocycles. The zero-order valence-corrected chi connectivity index (χ0v) is 17.8. The van der Waals surface area contributed by atoms with E-state index in [0.717, 1.165) is 44.1 Å². The van der Waals surface area contributed by atoms with Crippen molar-refractivity contribution in [2.75, 3.05) is 26.7 Å². The first-order valence-corrected chi connectivity index (χ1v) is 10.9. The average Bonchev–Trinajstić information content (AvgIpc) is 3.30. The first-order chi connectivity index (χ1) is 14.8. The van der Waals surface area contributed by atoms with Gasteiger partial charge in [0.15, 0.2) is 0 Å². The number of carbonyl (C=O) groups excluding carboxylic acids is 1. The van der Waals surface area contributed by atoms with Crippen molar-refractivity contribution in [3.8, 4) is 0 Å². The molecule has 1 aromatic rings. The number of fused-ring (bicyclic) bond motifs is 1. The lowest BCUT2D eigenvalue weighted by Crippen LogP contribution is -2.70. The van der Waals surface area contributed by atoms with Crippen LogP contribution in [0, 0.1) is 23.0 Å². The molecule has 8 nitrogen and oxygen atoms in total. The van der Waals surface area contributed by atoms with Gasteiger partial charge in [-0.2, -0.15) is 0 Å². The van der Waals surface area contributed by atoms with E-state index in [1.807, 2.05) is 6.92 Å². The van der Waals surface area contributed by atoms with Crippen LogP contribution in [-0.4, -0.2) is 67.1 Å². The number of hydrogen-bond donors (Lipinski definition) is 4. The summed E-state index contributed by atoms with van der Waals surface area (Å²) >= 11 is 0. The molecule has 1 amide bonds. The summed E-state index contributed by atoms with van der Waals surface area (Å²) in [5.74, 6) is -1.78. The fourth-order valence-electron chi connectivity index (χ4n) is 5.67. The second kappa shape index (κ2) is 7.72. The second-order valence-corrected chi connectivity index (χ2v) is 9.37. The Morgan fingerprint density at radius 1 is 1.23 bits per heavy atom. The van der Waals surface area contributed by atoms with E-state index in [1.54, 1.807) is 11.9 Å². The van der Waals surface area contributed by atoms with Gasteiger partial charge in [0.1, 0.15) is 17.9 Å². The monoisotopic (exact) mass is 436 g/mol. The van der Waals surface area contributed by atoms with Gasteiger partial charge in [-0.3, -0.25) is 15.0 Å². The lowest BCUT2D eigenvalue weighted by Gasteiger charge is -2.49. The van der Waals surface area contributed by atoms with Crippen molar-refractivity contribution in [2.24, 2.45) is 17.1 Å². The molecule has 4 unspecified atom stereocenters. The Morgan fingerprint density at radius 2 is 1.97 bits per heavy atom. The molecule has 0 aliphatic carbocycles. The predicted molar refractivity (Wildman–Crippen MR) is 109 cm³/mol. The quantitative estimate of drug-likeness (QED) is 0.527. The molecule has 0 radical (unpaired) electrons. The Kier molecular flexibility index (Phi) is 5.27. The van der Waals surface area contributed by atoms with E-state index in [1.165, 1.54) is 0 Å². The summed E-state index contributed by atoms with van der Waals surface area (Å²) in [6.07, 6.45) is 1.21. The van der Waals surface area contributed by atoms with Gasteiger partial charge in [-0.15, -0.1) is 0 Å². The number of hydrogen-bond acceptors (Lipinski definition) is 7. The molecule has 4 aliphatic heterocycles. The number of hydrazine groups is 1. The number of carbonyl (C=O) groups is 1. The Labute approximate surface area is 180 Å². The van der Waals surface area contributed by atoms with Gasteiger partial charge in [0.2, 0.25) is 5.91 Å². The Balaban J connectivity index is 1.30. The summed E-state index contributed by atoms with van der Waals surface area (Å²) < 4.78 is 33.9. The molecule has 0 bridgehead atoms. The topological polar surface area (TPSA) is 94.9 Å². The van der Waals surface area contributed by atoms with Crippen LogP contribution in [0.2, 0.25) is 0 Å². The van der Waals surface area contributed by atoms with Crippen molar-refractivity contribution >= 4 is 5.91 Å². The molecular weight excluding hydrogens is 406 g/mol. The fourth-order valence-corrected chi connectivity index (χ4v) is 5.67. The van der Waals surface area contributed by atoms with E-state index in [2.05, 4.69) is 21.1 Å². The van der Waals surface area contributed by atoms with Gasteiger partial charge in [0.05, 0.1) is 30.8 Å². The Bertz CT molecular complexity index is 864. The number of halogens is 2. The first-order valence-electron chi connectivity index (χ1n) is 10.9. The predicted octanol–water partition coefficient (Wildman–Crippen LogP) is 0.229. The van der Waals surface area contributed by atoms with Gasteiger partial charge >= 0.3 is 0 Å². The maximum atomic E-state index is 14.4. The number of nitrogens with two attached hydrogens (primary N) is 1. The minimum absolute atomic E-state index is 0.00285. The molecule has 4 heterocycles. The zero-order chi connectivity index (χ0) is 21.9. The average molecular weight is 437 g/mol. The van der Waals surface area contributed by atoms with Crippen molar-refractivity contribution in [3.63, 3.8) is 0 Å². The van der Waals surface area contributed by atoms with Crippen molar-refractivity contribution in [3.05, 3.63) is 35.4 Å². The third-order valence-electron chi connectivity index (χ3n) is 7.72. The number of likely N-dealkylation sites (tertiary alicyclic amines) is 1. The highest BCUT2D eigenvalue weighted by molar-refractivity contribution is 5.82. The number of benzene rings is 1. The van der Waals surface area contributed by atoms with Crippen LogP contribution >= 0.6 is 0 Å². The normalized spacial score (nSPS) is 38.1. The van der Waals surface area contributed by atoms with Gasteiger partial charge in [0, 0.05) is 37.2 Å². The van der Waals surface area contributed by atoms with Gasteiger partial charge in [-0.1, -0.05) is 0 Å². The fraction of sp³-hybridized carbons (Fsp3) is 0.667. The van der Waals surface area contributed by atoms with Crippen LogP contribution in [0.15, 0.2) is 18.2 Å². The summed E-state index contributed by atoms with van der Waals surface area (Å²) in [6.45, 7) is 4.31. The van der Waals surface area contributed by atoms with E-state index in [0.29, 0.717) is 6.61 Å². The molecule has 1 aromatic carbocycles. The molecule has 6 atom stereocenters. The van der Waals surface area contributed by atoms with Gasteiger partial charge in [0.25, 0.3) is 0 Å². The molecule has 31 heavy (non-hydrogen) atoms. The number of amides is 1. The maximum absolute atomic E-state index is 14.4. The van der Waals surface area contributed by atoms with Crippen LogP contribution in [0.1, 0.15) is 31.4 Å². The van der Waals surface area contributed by atoms with Crippen molar-refractivity contribution in [2.45, 2.75) is 50.4 Å². The van der Waals surface area contributed by atoms with Gasteiger partial charge in [-0.05, 0) is 38.0 Å². The number of rotatable bonds is 2. The van der Waals surface area contributed by atoms with Crippen LogP contribution in [0.4, 0.5) is 8.78 Å². The summed E-state index contributed by atoms with van der Waals surface area (Å²) in [6, 6.07) is 2.68. The van der Waals surface area contributed by atoms with E-state index in [-0.39, 0.29) is 35.3 Å². The summed E-state index contributed by atoms with van der Waals surface area (Å²) in [5.41, 5.74) is 12.6. The molecule has 170 valence electrons. The van der Waals surface area contributed by atoms with E-state index < -0.39 is 29.8 Å². The van der Waals surface area contributed by atoms with Crippen LogP contribution < -0.4 is 21.9 Å². The minimum atomic E-state index is -0.663. The number of ether oxygens (including phenoxy) is 1. The smallest absolute Gasteiger partial charge is 0.232 e. The van der Waals surface area contributed by atoms with Crippen molar-refractivity contribution in [1.29, 1.82) is 0 Å². The number of nitrogens with one attached hydrogen (secondary N) is 3. The number of piperidine rings is 1. The molecule has 1 spiro atoms. The highest BCUT2D eigenvalue weighted by Gasteiger charge is 2.52. The molecule has 0 saturated carbocycles. The van der Waals surface area contributed by atoms with Gasteiger partial charge < -0.3 is 15.4 Å². The largest absolute Gasteiger partial charge is 0.376 e. The van der Waals surface area contributed by atoms with Crippen molar-refractivity contribution < 1.29 is 18.3 Å².